The number of nitrogens with one attached hydrogen (secondary N) is 3. The van der Waals surface area contributed by atoms with Crippen LogP contribution in [0.1, 0.15) is 10.4 Å². The Morgan fingerprint density at radius 2 is 1.56 bits per heavy atom. The number of thiocarbonyl (C=S) groups is 1. The molecule has 0 radical (unpaired) electrons. The molecule has 3 N–H and O–H groups in total. The maximum Gasteiger partial charge on any atom is 0.573 e. The molecule has 0 atom stereocenters. The van der Waals surface area contributed by atoms with Crippen molar-refractivity contribution in [3.05, 3.63) is 54.1 Å². The number of hydrogen-bond donors (Lipinski definition) is 3. The van der Waals surface area contributed by atoms with Gasteiger partial charge < -0.3 is 20.0 Å². The van der Waals surface area contributed by atoms with Crippen LogP contribution in [0.5, 0.6) is 5.75 Å². The van der Waals surface area contributed by atoms with Gasteiger partial charge in [-0.2, -0.15) is 0 Å². The smallest absolute Gasteiger partial charge is 0.545 e. The highest BCUT2D eigenvalue weighted by molar-refractivity contribution is 7.80. The van der Waals surface area contributed by atoms with Gasteiger partial charge >= 0.3 is 6.36 Å². The zero-order chi connectivity index (χ0) is 18.4. The number of carboxylic acids is 1. The van der Waals surface area contributed by atoms with Crippen LogP contribution >= 0.6 is 12.2 Å². The quantitative estimate of drug-likeness (QED) is 0.550. The molecule has 0 aromatic heterocycles. The fraction of sp³-hybridized carbons (Fsp3) is 0.0667. The number of carboxylic acid groups (broad SMARTS) is 1. The van der Waals surface area contributed by atoms with Gasteiger partial charge in [-0.05, 0) is 54.2 Å². The number of hydrazine groups is 1. The predicted molar refractivity (Wildman–Crippen MR) is 86.9 cm³/mol. The molecule has 0 unspecified atom stereocenters. The standard InChI is InChI=1S/C15H12F3N3O3S/c16-15(17,18)24-12-7-5-10(6-8-12)19-14(25)21-20-11-3-1-9(2-4-11)13(22)23/h1-8,20H,(H,22,23)(H2,19,21,25)/p-1. The summed E-state index contributed by atoms with van der Waals surface area (Å²) in [4.78, 5) is 10.6. The highest BCUT2D eigenvalue weighted by Crippen LogP contribution is 2.23. The second kappa shape index (κ2) is 7.71. The normalized spacial score (nSPS) is 10.7. The molecule has 2 aromatic carbocycles. The SMILES string of the molecule is O=C([O-])c1ccc(NNC(=S)Nc2ccc(OC(F)(F)F)cc2)cc1. The lowest BCUT2D eigenvalue weighted by molar-refractivity contribution is -0.274. The lowest BCUT2D eigenvalue weighted by Crippen LogP contribution is -2.33. The van der Waals surface area contributed by atoms with Crippen molar-refractivity contribution in [3.8, 4) is 5.75 Å². The van der Waals surface area contributed by atoms with Gasteiger partial charge in [-0.25, -0.2) is 0 Å². The van der Waals surface area contributed by atoms with E-state index in [0.717, 1.165) is 12.1 Å². The largest absolute Gasteiger partial charge is 0.573 e. The second-order valence-corrected chi connectivity index (χ2v) is 5.05. The Balaban J connectivity index is 1.84. The van der Waals surface area contributed by atoms with Gasteiger partial charge in [0.25, 0.3) is 0 Å². The second-order valence-electron chi connectivity index (χ2n) is 4.64. The highest BCUT2D eigenvalue weighted by Gasteiger charge is 2.30. The fourth-order valence-corrected chi connectivity index (χ4v) is 1.89. The summed E-state index contributed by atoms with van der Waals surface area (Å²) in [5, 5.41) is 13.5. The number of hydrogen-bond acceptors (Lipinski definition) is 5. The van der Waals surface area contributed by atoms with Crippen LogP contribution in [-0.4, -0.2) is 17.4 Å². The zero-order valence-electron chi connectivity index (χ0n) is 12.4. The van der Waals surface area contributed by atoms with Crippen molar-refractivity contribution in [1.82, 2.24) is 5.43 Å². The number of rotatable bonds is 5. The maximum atomic E-state index is 12.1. The van der Waals surface area contributed by atoms with E-state index >= 15 is 0 Å². The molecule has 0 bridgehead atoms. The summed E-state index contributed by atoms with van der Waals surface area (Å²) >= 11 is 5.02. The van der Waals surface area contributed by atoms with Crippen molar-refractivity contribution in [3.63, 3.8) is 0 Å². The first-order chi connectivity index (χ1) is 11.7. The number of anilines is 2. The first-order valence-corrected chi connectivity index (χ1v) is 7.14. The molecule has 0 saturated carbocycles. The lowest BCUT2D eigenvalue weighted by Gasteiger charge is -2.14. The molecule has 0 aliphatic rings. The fourth-order valence-electron chi connectivity index (χ4n) is 1.72. The third kappa shape index (κ3) is 6.18. The summed E-state index contributed by atoms with van der Waals surface area (Å²) in [6.07, 6.45) is -4.75. The average Bonchev–Trinajstić information content (AvgIpc) is 2.54. The number of ether oxygens (including phenoxy) is 1. The molecule has 25 heavy (non-hydrogen) atoms. The van der Waals surface area contributed by atoms with Gasteiger partial charge in [-0.3, -0.25) is 10.9 Å². The molecule has 2 rings (SSSR count). The van der Waals surface area contributed by atoms with Crippen molar-refractivity contribution in [1.29, 1.82) is 0 Å². The van der Waals surface area contributed by atoms with Crippen molar-refractivity contribution in [2.24, 2.45) is 0 Å². The summed E-state index contributed by atoms with van der Waals surface area (Å²) in [5.41, 5.74) is 6.40. The van der Waals surface area contributed by atoms with Gasteiger partial charge in [0.2, 0.25) is 0 Å². The third-order valence-electron chi connectivity index (χ3n) is 2.79. The van der Waals surface area contributed by atoms with E-state index in [1.165, 1.54) is 36.4 Å². The third-order valence-corrected chi connectivity index (χ3v) is 2.99. The van der Waals surface area contributed by atoms with E-state index in [4.69, 9.17) is 12.2 Å². The predicted octanol–water partition coefficient (Wildman–Crippen LogP) is 2.26. The monoisotopic (exact) mass is 370 g/mol. The van der Waals surface area contributed by atoms with Crippen molar-refractivity contribution >= 4 is 34.7 Å². The van der Waals surface area contributed by atoms with Gasteiger partial charge in [-0.1, -0.05) is 12.1 Å². The van der Waals surface area contributed by atoms with E-state index in [2.05, 4.69) is 20.9 Å². The molecular weight excluding hydrogens is 359 g/mol. The molecular formula is C15H11F3N3O3S-. The van der Waals surface area contributed by atoms with Crippen LogP contribution in [-0.2, 0) is 0 Å². The number of aromatic carboxylic acids is 1. The molecule has 6 nitrogen and oxygen atoms in total. The summed E-state index contributed by atoms with van der Waals surface area (Å²) in [7, 11) is 0. The Hall–Kier alpha value is -3.01. The minimum Gasteiger partial charge on any atom is -0.545 e. The number of alkyl halides is 3. The van der Waals surface area contributed by atoms with E-state index in [1.807, 2.05) is 0 Å². The van der Waals surface area contributed by atoms with Crippen molar-refractivity contribution in [2.75, 3.05) is 10.7 Å². The van der Waals surface area contributed by atoms with Gasteiger partial charge in [0.1, 0.15) is 5.75 Å². The zero-order valence-corrected chi connectivity index (χ0v) is 13.2. The lowest BCUT2D eigenvalue weighted by atomic mass is 10.2. The van der Waals surface area contributed by atoms with Crippen LogP contribution in [0.2, 0.25) is 0 Å². The summed E-state index contributed by atoms with van der Waals surface area (Å²) < 4.78 is 40.0. The number of benzene rings is 2. The van der Waals surface area contributed by atoms with Gasteiger partial charge in [0.15, 0.2) is 5.11 Å². The molecule has 0 amide bonds. The maximum absolute atomic E-state index is 12.1. The molecule has 0 aliphatic heterocycles. The Bertz CT molecular complexity index is 749. The summed E-state index contributed by atoms with van der Waals surface area (Å²) in [6.45, 7) is 0. The minimum atomic E-state index is -4.75. The molecule has 2 aromatic rings. The highest BCUT2D eigenvalue weighted by atomic mass is 32.1. The molecule has 0 fully saturated rings. The topological polar surface area (TPSA) is 85.5 Å². The van der Waals surface area contributed by atoms with Crippen molar-refractivity contribution in [2.45, 2.75) is 6.36 Å². The number of halogens is 3. The van der Waals surface area contributed by atoms with E-state index in [0.29, 0.717) is 11.4 Å². The summed E-state index contributed by atoms with van der Waals surface area (Å²) in [6, 6.07) is 10.7. The van der Waals surface area contributed by atoms with Crippen LogP contribution in [0.15, 0.2) is 48.5 Å². The van der Waals surface area contributed by atoms with E-state index in [-0.39, 0.29) is 16.4 Å². The molecule has 132 valence electrons. The Morgan fingerprint density at radius 3 is 2.08 bits per heavy atom. The molecule has 0 heterocycles. The van der Waals surface area contributed by atoms with Gasteiger partial charge in [-0.15, -0.1) is 13.2 Å². The first kappa shape index (κ1) is 18.3. The Morgan fingerprint density at radius 1 is 1.00 bits per heavy atom. The molecule has 0 spiro atoms. The number of carbonyl (C=O) groups is 1. The van der Waals surface area contributed by atoms with Crippen LogP contribution in [0.3, 0.4) is 0 Å². The summed E-state index contributed by atoms with van der Waals surface area (Å²) in [5.74, 6) is -1.63. The molecule has 10 heteroatoms. The molecule has 0 aliphatic carbocycles. The van der Waals surface area contributed by atoms with Crippen LogP contribution in [0, 0.1) is 0 Å². The minimum absolute atomic E-state index is 0.0346. The Kier molecular flexibility index (Phi) is 5.65. The van der Waals surface area contributed by atoms with E-state index in [9.17, 15) is 23.1 Å². The van der Waals surface area contributed by atoms with E-state index in [1.54, 1.807) is 0 Å². The average molecular weight is 370 g/mol. The van der Waals surface area contributed by atoms with Gasteiger partial charge in [0, 0.05) is 5.69 Å². The van der Waals surface area contributed by atoms with Crippen molar-refractivity contribution < 1.29 is 27.8 Å². The first-order valence-electron chi connectivity index (χ1n) is 6.73. The van der Waals surface area contributed by atoms with E-state index < -0.39 is 12.3 Å². The Labute approximate surface area is 145 Å². The van der Waals surface area contributed by atoms with Gasteiger partial charge in [0.05, 0.1) is 11.7 Å². The van der Waals surface area contributed by atoms with Crippen LogP contribution in [0.4, 0.5) is 24.5 Å². The number of carbonyl (C=O) groups excluding carboxylic acids is 1. The van der Waals surface area contributed by atoms with Crippen LogP contribution < -0.4 is 26.0 Å². The van der Waals surface area contributed by atoms with Crippen LogP contribution in [0.25, 0.3) is 0 Å². The molecule has 0 saturated heterocycles.